The summed E-state index contributed by atoms with van der Waals surface area (Å²) in [4.78, 5) is 0. The zero-order valence-electron chi connectivity index (χ0n) is 6.53. The molecular formula is C10H13N. The van der Waals surface area contributed by atoms with Crippen molar-refractivity contribution < 1.29 is 0 Å². The zero-order chi connectivity index (χ0) is 7.68. The van der Waals surface area contributed by atoms with Gasteiger partial charge in [-0.2, -0.15) is 0 Å². The number of allylic oxidation sites excluding steroid dienone is 5. The number of hydrogen-bond acceptors (Lipinski definition) is 1. The van der Waals surface area contributed by atoms with Gasteiger partial charge in [-0.15, -0.1) is 0 Å². The molecule has 0 aromatic carbocycles. The molecule has 1 heteroatoms. The Kier molecular flexibility index (Phi) is 1.66. The molecule has 2 rings (SSSR count). The fourth-order valence-corrected chi connectivity index (χ4v) is 1.74. The molecule has 0 aromatic heterocycles. The van der Waals surface area contributed by atoms with Crippen LogP contribution < -0.4 is 5.73 Å². The minimum absolute atomic E-state index is 0.375. The molecule has 2 N–H and O–H groups in total. The van der Waals surface area contributed by atoms with Crippen LogP contribution in [0.5, 0.6) is 0 Å². The highest BCUT2D eigenvalue weighted by Crippen LogP contribution is 2.28. The summed E-state index contributed by atoms with van der Waals surface area (Å²) in [6.45, 7) is 0. The van der Waals surface area contributed by atoms with Gasteiger partial charge in [-0.05, 0) is 18.4 Å². The van der Waals surface area contributed by atoms with E-state index in [1.165, 1.54) is 5.57 Å². The van der Waals surface area contributed by atoms with E-state index in [9.17, 15) is 0 Å². The van der Waals surface area contributed by atoms with Gasteiger partial charge >= 0.3 is 0 Å². The lowest BCUT2D eigenvalue weighted by Gasteiger charge is -2.25. The molecule has 0 saturated heterocycles. The van der Waals surface area contributed by atoms with Crippen molar-refractivity contribution in [1.82, 2.24) is 0 Å². The van der Waals surface area contributed by atoms with E-state index in [4.69, 9.17) is 5.73 Å². The van der Waals surface area contributed by atoms with Crippen molar-refractivity contribution in [3.63, 3.8) is 0 Å². The summed E-state index contributed by atoms with van der Waals surface area (Å²) >= 11 is 0. The SMILES string of the molecule is NC1CC=C2C=CC=CC2C1. The number of hydrogen-bond donors (Lipinski definition) is 1. The molecule has 1 nitrogen and oxygen atoms in total. The summed E-state index contributed by atoms with van der Waals surface area (Å²) in [6.07, 6.45) is 13.1. The van der Waals surface area contributed by atoms with Crippen LogP contribution in [0.4, 0.5) is 0 Å². The molecule has 0 fully saturated rings. The van der Waals surface area contributed by atoms with Crippen LogP contribution in [0, 0.1) is 5.92 Å². The average molecular weight is 147 g/mol. The average Bonchev–Trinajstić information content (AvgIpc) is 2.04. The van der Waals surface area contributed by atoms with E-state index in [1.54, 1.807) is 0 Å². The molecular weight excluding hydrogens is 134 g/mol. The molecule has 2 atom stereocenters. The van der Waals surface area contributed by atoms with Crippen LogP contribution in [-0.4, -0.2) is 6.04 Å². The lowest BCUT2D eigenvalue weighted by molar-refractivity contribution is 0.526. The van der Waals surface area contributed by atoms with E-state index in [2.05, 4.69) is 30.4 Å². The fraction of sp³-hybridized carbons (Fsp3) is 0.400. The van der Waals surface area contributed by atoms with Crippen LogP contribution in [0.15, 0.2) is 36.0 Å². The van der Waals surface area contributed by atoms with Gasteiger partial charge in [0, 0.05) is 12.0 Å². The monoisotopic (exact) mass is 147 g/mol. The van der Waals surface area contributed by atoms with Crippen molar-refractivity contribution in [1.29, 1.82) is 0 Å². The Balaban J connectivity index is 2.23. The summed E-state index contributed by atoms with van der Waals surface area (Å²) < 4.78 is 0. The first-order chi connectivity index (χ1) is 5.36. The Hall–Kier alpha value is -0.820. The molecule has 11 heavy (non-hydrogen) atoms. The summed E-state index contributed by atoms with van der Waals surface area (Å²) in [5.41, 5.74) is 7.29. The zero-order valence-corrected chi connectivity index (χ0v) is 6.53. The van der Waals surface area contributed by atoms with Crippen molar-refractivity contribution in [3.8, 4) is 0 Å². The summed E-state index contributed by atoms with van der Waals surface area (Å²) in [6, 6.07) is 0.375. The highest BCUT2D eigenvalue weighted by atomic mass is 14.6. The number of nitrogens with two attached hydrogens (primary N) is 1. The van der Waals surface area contributed by atoms with Crippen molar-refractivity contribution in [3.05, 3.63) is 36.0 Å². The molecule has 0 saturated carbocycles. The van der Waals surface area contributed by atoms with Crippen LogP contribution in [0.25, 0.3) is 0 Å². The van der Waals surface area contributed by atoms with E-state index in [0.29, 0.717) is 12.0 Å². The molecule has 0 aromatic rings. The first-order valence-corrected chi connectivity index (χ1v) is 4.17. The van der Waals surface area contributed by atoms with Crippen molar-refractivity contribution in [2.75, 3.05) is 0 Å². The Morgan fingerprint density at radius 1 is 1.36 bits per heavy atom. The van der Waals surface area contributed by atoms with Gasteiger partial charge in [-0.1, -0.05) is 30.4 Å². The maximum absolute atomic E-state index is 5.84. The van der Waals surface area contributed by atoms with Gasteiger partial charge < -0.3 is 5.73 Å². The maximum Gasteiger partial charge on any atom is 0.00824 e. The normalized spacial score (nSPS) is 34.8. The van der Waals surface area contributed by atoms with Crippen LogP contribution in [-0.2, 0) is 0 Å². The fourth-order valence-electron chi connectivity index (χ4n) is 1.74. The first kappa shape index (κ1) is 6.86. The predicted octanol–water partition coefficient (Wildman–Crippen LogP) is 1.78. The third-order valence-corrected chi connectivity index (χ3v) is 2.38. The van der Waals surface area contributed by atoms with E-state index >= 15 is 0 Å². The van der Waals surface area contributed by atoms with Crippen LogP contribution in [0.2, 0.25) is 0 Å². The van der Waals surface area contributed by atoms with Gasteiger partial charge in [-0.3, -0.25) is 0 Å². The minimum atomic E-state index is 0.375. The standard InChI is InChI=1S/C10H13N/c11-10-6-5-8-3-1-2-4-9(8)7-10/h1-5,9-10H,6-7,11H2. The van der Waals surface area contributed by atoms with Gasteiger partial charge in [0.15, 0.2) is 0 Å². The number of fused-ring (bicyclic) bond motifs is 1. The van der Waals surface area contributed by atoms with Crippen molar-refractivity contribution in [2.24, 2.45) is 11.7 Å². The van der Waals surface area contributed by atoms with Gasteiger partial charge in [-0.25, -0.2) is 0 Å². The quantitative estimate of drug-likeness (QED) is 0.555. The Bertz CT molecular complexity index is 235. The largest absolute Gasteiger partial charge is 0.327 e. The van der Waals surface area contributed by atoms with Crippen LogP contribution in [0.1, 0.15) is 12.8 Å². The van der Waals surface area contributed by atoms with E-state index in [-0.39, 0.29) is 0 Å². The van der Waals surface area contributed by atoms with Crippen molar-refractivity contribution >= 4 is 0 Å². The van der Waals surface area contributed by atoms with Crippen LogP contribution in [0.3, 0.4) is 0 Å². The Morgan fingerprint density at radius 3 is 3.18 bits per heavy atom. The minimum Gasteiger partial charge on any atom is -0.327 e. The van der Waals surface area contributed by atoms with E-state index < -0.39 is 0 Å². The van der Waals surface area contributed by atoms with Gasteiger partial charge in [0.05, 0.1) is 0 Å². The highest BCUT2D eigenvalue weighted by molar-refractivity contribution is 5.34. The highest BCUT2D eigenvalue weighted by Gasteiger charge is 2.18. The predicted molar refractivity (Wildman–Crippen MR) is 47.1 cm³/mol. The molecule has 0 aliphatic heterocycles. The molecule has 0 spiro atoms. The molecule has 2 unspecified atom stereocenters. The Labute approximate surface area is 67.3 Å². The van der Waals surface area contributed by atoms with Gasteiger partial charge in [0.1, 0.15) is 0 Å². The maximum atomic E-state index is 5.84. The smallest absolute Gasteiger partial charge is 0.00824 e. The molecule has 0 bridgehead atoms. The second-order valence-corrected chi connectivity index (χ2v) is 3.29. The number of rotatable bonds is 0. The third kappa shape index (κ3) is 1.29. The van der Waals surface area contributed by atoms with E-state index in [1.807, 2.05) is 0 Å². The second kappa shape index (κ2) is 2.67. The molecule has 0 radical (unpaired) electrons. The molecule has 2 aliphatic rings. The molecule has 0 heterocycles. The van der Waals surface area contributed by atoms with E-state index in [0.717, 1.165) is 12.8 Å². The summed E-state index contributed by atoms with van der Waals surface area (Å²) in [5, 5.41) is 0. The lowest BCUT2D eigenvalue weighted by atomic mass is 9.83. The third-order valence-electron chi connectivity index (χ3n) is 2.38. The first-order valence-electron chi connectivity index (χ1n) is 4.17. The second-order valence-electron chi connectivity index (χ2n) is 3.29. The van der Waals surface area contributed by atoms with Gasteiger partial charge in [0.2, 0.25) is 0 Å². The summed E-state index contributed by atoms with van der Waals surface area (Å²) in [7, 11) is 0. The lowest BCUT2D eigenvalue weighted by Crippen LogP contribution is -2.26. The Morgan fingerprint density at radius 2 is 2.27 bits per heavy atom. The van der Waals surface area contributed by atoms with Gasteiger partial charge in [0.25, 0.3) is 0 Å². The molecule has 58 valence electrons. The molecule has 2 aliphatic carbocycles. The van der Waals surface area contributed by atoms with Crippen molar-refractivity contribution in [2.45, 2.75) is 18.9 Å². The molecule has 0 amide bonds. The topological polar surface area (TPSA) is 26.0 Å². The van der Waals surface area contributed by atoms with Crippen LogP contribution >= 0.6 is 0 Å². The summed E-state index contributed by atoms with van der Waals surface area (Å²) in [5.74, 6) is 0.601.